The average molecular weight is 285 g/mol. The van der Waals surface area contributed by atoms with E-state index >= 15 is 0 Å². The fraction of sp³-hybridized carbons (Fsp3) is 0.333. The third-order valence-electron chi connectivity index (χ3n) is 3.17. The van der Waals surface area contributed by atoms with Crippen LogP contribution in [0.25, 0.3) is 11.1 Å². The molecule has 2 aromatic rings. The maximum absolute atomic E-state index is 9.16. The van der Waals surface area contributed by atoms with Crippen molar-refractivity contribution in [3.05, 3.63) is 54.6 Å². The second-order valence-electron chi connectivity index (χ2n) is 5.12. The number of benzene rings is 2. The summed E-state index contributed by atoms with van der Waals surface area (Å²) in [4.78, 5) is 0. The first-order valence-electron chi connectivity index (χ1n) is 7.43. The Kier molecular flexibility index (Phi) is 6.25. The van der Waals surface area contributed by atoms with Crippen molar-refractivity contribution in [1.29, 1.82) is 0 Å². The van der Waals surface area contributed by atoms with Crippen LogP contribution < -0.4 is 10.1 Å². The van der Waals surface area contributed by atoms with Crippen LogP contribution in [-0.4, -0.2) is 30.9 Å². The molecule has 0 heterocycles. The number of nitrogens with one attached hydrogen (secondary N) is 1. The van der Waals surface area contributed by atoms with Crippen molar-refractivity contribution < 1.29 is 9.84 Å². The van der Waals surface area contributed by atoms with Gasteiger partial charge >= 0.3 is 0 Å². The minimum absolute atomic E-state index is 0.301. The quantitative estimate of drug-likeness (QED) is 0.732. The monoisotopic (exact) mass is 285 g/mol. The van der Waals surface area contributed by atoms with Gasteiger partial charge in [0.1, 0.15) is 5.75 Å². The summed E-state index contributed by atoms with van der Waals surface area (Å²) in [5.74, 6) is 0.916. The van der Waals surface area contributed by atoms with Crippen molar-refractivity contribution in [2.45, 2.75) is 19.4 Å². The SMILES string of the molecule is C[C@H](O)CNCCCOc1ccccc1-c1ccccc1. The molecule has 2 rings (SSSR count). The van der Waals surface area contributed by atoms with Gasteiger partial charge in [0, 0.05) is 12.1 Å². The van der Waals surface area contributed by atoms with E-state index in [1.807, 2.05) is 36.4 Å². The van der Waals surface area contributed by atoms with E-state index in [2.05, 4.69) is 23.5 Å². The van der Waals surface area contributed by atoms with Gasteiger partial charge in [0.2, 0.25) is 0 Å². The lowest BCUT2D eigenvalue weighted by atomic mass is 10.1. The van der Waals surface area contributed by atoms with Crippen molar-refractivity contribution in [3.8, 4) is 16.9 Å². The van der Waals surface area contributed by atoms with Crippen LogP contribution >= 0.6 is 0 Å². The second kappa shape index (κ2) is 8.45. The Morgan fingerprint density at radius 1 is 1.05 bits per heavy atom. The van der Waals surface area contributed by atoms with Crippen LogP contribution in [0.2, 0.25) is 0 Å². The van der Waals surface area contributed by atoms with Crippen LogP contribution in [0.3, 0.4) is 0 Å². The molecule has 0 amide bonds. The molecule has 0 radical (unpaired) electrons. The van der Waals surface area contributed by atoms with Gasteiger partial charge in [0.05, 0.1) is 12.7 Å². The molecule has 2 aromatic carbocycles. The molecule has 3 nitrogen and oxygen atoms in total. The molecular formula is C18H23NO2. The highest BCUT2D eigenvalue weighted by atomic mass is 16.5. The maximum Gasteiger partial charge on any atom is 0.127 e. The van der Waals surface area contributed by atoms with Gasteiger partial charge in [-0.05, 0) is 31.5 Å². The molecule has 21 heavy (non-hydrogen) atoms. The summed E-state index contributed by atoms with van der Waals surface area (Å²) in [6.45, 7) is 3.91. The zero-order valence-corrected chi connectivity index (χ0v) is 12.5. The number of hydrogen-bond donors (Lipinski definition) is 2. The predicted molar refractivity (Wildman–Crippen MR) is 86.5 cm³/mol. The van der Waals surface area contributed by atoms with Crippen molar-refractivity contribution >= 4 is 0 Å². The van der Waals surface area contributed by atoms with Crippen LogP contribution in [0.1, 0.15) is 13.3 Å². The predicted octanol–water partition coefficient (Wildman–Crippen LogP) is 3.09. The lowest BCUT2D eigenvalue weighted by molar-refractivity contribution is 0.190. The number of para-hydroxylation sites is 1. The maximum atomic E-state index is 9.16. The van der Waals surface area contributed by atoms with E-state index in [0.717, 1.165) is 24.3 Å². The summed E-state index contributed by atoms with van der Waals surface area (Å²) < 4.78 is 5.90. The van der Waals surface area contributed by atoms with Crippen LogP contribution in [0.5, 0.6) is 5.75 Å². The molecule has 1 atom stereocenters. The van der Waals surface area contributed by atoms with Gasteiger partial charge in [-0.25, -0.2) is 0 Å². The molecule has 0 aliphatic rings. The number of aliphatic hydroxyl groups excluding tert-OH is 1. The van der Waals surface area contributed by atoms with Crippen LogP contribution in [0.4, 0.5) is 0 Å². The molecule has 0 saturated carbocycles. The highest BCUT2D eigenvalue weighted by Gasteiger charge is 2.04. The molecule has 0 saturated heterocycles. The fourth-order valence-electron chi connectivity index (χ4n) is 2.14. The molecular weight excluding hydrogens is 262 g/mol. The van der Waals surface area contributed by atoms with Gasteiger partial charge < -0.3 is 15.2 Å². The average Bonchev–Trinajstić information content (AvgIpc) is 2.52. The number of rotatable bonds is 8. The van der Waals surface area contributed by atoms with Crippen molar-refractivity contribution in [2.75, 3.05) is 19.7 Å². The largest absolute Gasteiger partial charge is 0.493 e. The Morgan fingerprint density at radius 3 is 2.52 bits per heavy atom. The molecule has 0 aromatic heterocycles. The standard InChI is InChI=1S/C18H23NO2/c1-15(20)14-19-12-7-13-21-18-11-6-5-10-17(18)16-8-3-2-4-9-16/h2-6,8-11,15,19-20H,7,12-14H2,1H3/t15-/m0/s1. The first-order valence-corrected chi connectivity index (χ1v) is 7.43. The minimum Gasteiger partial charge on any atom is -0.493 e. The van der Waals surface area contributed by atoms with Crippen LogP contribution in [0, 0.1) is 0 Å². The molecule has 2 N–H and O–H groups in total. The molecule has 3 heteroatoms. The summed E-state index contributed by atoms with van der Waals surface area (Å²) in [6.07, 6.45) is 0.611. The van der Waals surface area contributed by atoms with Gasteiger partial charge in [0.25, 0.3) is 0 Å². The van der Waals surface area contributed by atoms with Gasteiger partial charge in [-0.3, -0.25) is 0 Å². The van der Waals surface area contributed by atoms with E-state index < -0.39 is 0 Å². The van der Waals surface area contributed by atoms with Crippen molar-refractivity contribution in [1.82, 2.24) is 5.32 Å². The topological polar surface area (TPSA) is 41.5 Å². The molecule has 0 spiro atoms. The van der Waals surface area contributed by atoms with Crippen LogP contribution in [-0.2, 0) is 0 Å². The molecule has 0 fully saturated rings. The second-order valence-corrected chi connectivity index (χ2v) is 5.12. The van der Waals surface area contributed by atoms with E-state index in [9.17, 15) is 0 Å². The van der Waals surface area contributed by atoms with E-state index in [1.165, 1.54) is 5.56 Å². The Hall–Kier alpha value is -1.84. The highest BCUT2D eigenvalue weighted by Crippen LogP contribution is 2.29. The first-order chi connectivity index (χ1) is 10.3. The minimum atomic E-state index is -0.301. The first kappa shape index (κ1) is 15.5. The fourth-order valence-corrected chi connectivity index (χ4v) is 2.14. The van der Waals surface area contributed by atoms with Crippen molar-refractivity contribution in [2.24, 2.45) is 0 Å². The lowest BCUT2D eigenvalue weighted by Crippen LogP contribution is -2.26. The number of ether oxygens (including phenoxy) is 1. The highest BCUT2D eigenvalue weighted by molar-refractivity contribution is 5.70. The summed E-state index contributed by atoms with van der Waals surface area (Å²) in [5.41, 5.74) is 2.29. The Morgan fingerprint density at radius 2 is 1.76 bits per heavy atom. The summed E-state index contributed by atoms with van der Waals surface area (Å²) >= 11 is 0. The number of hydrogen-bond acceptors (Lipinski definition) is 3. The van der Waals surface area contributed by atoms with E-state index in [1.54, 1.807) is 6.92 Å². The third-order valence-corrected chi connectivity index (χ3v) is 3.17. The molecule has 0 bridgehead atoms. The Labute approximate surface area is 126 Å². The van der Waals surface area contributed by atoms with Gasteiger partial charge in [-0.1, -0.05) is 48.5 Å². The van der Waals surface area contributed by atoms with Gasteiger partial charge in [-0.15, -0.1) is 0 Å². The van der Waals surface area contributed by atoms with Gasteiger partial charge in [0.15, 0.2) is 0 Å². The van der Waals surface area contributed by atoms with E-state index in [4.69, 9.17) is 9.84 Å². The smallest absolute Gasteiger partial charge is 0.127 e. The third kappa shape index (κ3) is 5.21. The number of aliphatic hydroxyl groups is 1. The Bertz CT molecular complexity index is 526. The summed E-state index contributed by atoms with van der Waals surface area (Å²) in [7, 11) is 0. The zero-order chi connectivity index (χ0) is 14.9. The normalized spacial score (nSPS) is 12.1. The van der Waals surface area contributed by atoms with Gasteiger partial charge in [-0.2, -0.15) is 0 Å². The molecule has 0 aliphatic carbocycles. The molecule has 0 aliphatic heterocycles. The van der Waals surface area contributed by atoms with Crippen molar-refractivity contribution in [3.63, 3.8) is 0 Å². The summed E-state index contributed by atoms with van der Waals surface area (Å²) in [5, 5.41) is 12.3. The molecule has 112 valence electrons. The Balaban J connectivity index is 1.87. The van der Waals surface area contributed by atoms with E-state index in [-0.39, 0.29) is 6.10 Å². The zero-order valence-electron chi connectivity index (χ0n) is 12.5. The van der Waals surface area contributed by atoms with Crippen LogP contribution in [0.15, 0.2) is 54.6 Å². The molecule has 0 unspecified atom stereocenters. The lowest BCUT2D eigenvalue weighted by Gasteiger charge is -2.12. The van der Waals surface area contributed by atoms with E-state index in [0.29, 0.717) is 13.2 Å². The summed E-state index contributed by atoms with van der Waals surface area (Å²) in [6, 6.07) is 18.4.